The molecule has 0 spiro atoms. The third kappa shape index (κ3) is 4.58. The standard InChI is InChI=1S/C16H22N2O2/c1-5-6-13(4)18-15(19)10-20-16-11(2)7-14(9-17)8-12(16)3/h7-8,13H,5-6,10H2,1-4H3,(H,18,19). The molecule has 1 atom stereocenters. The predicted octanol–water partition coefficient (Wildman–Crippen LogP) is 2.86. The molecule has 0 bridgehead atoms. The van der Waals surface area contributed by atoms with Gasteiger partial charge in [0.2, 0.25) is 0 Å². The fraction of sp³-hybridized carbons (Fsp3) is 0.500. The van der Waals surface area contributed by atoms with Crippen LogP contribution in [0.2, 0.25) is 0 Å². The van der Waals surface area contributed by atoms with E-state index in [-0.39, 0.29) is 18.6 Å². The van der Waals surface area contributed by atoms with Crippen molar-refractivity contribution in [1.82, 2.24) is 5.32 Å². The summed E-state index contributed by atoms with van der Waals surface area (Å²) in [6, 6.07) is 5.80. The van der Waals surface area contributed by atoms with Gasteiger partial charge in [0.05, 0.1) is 11.6 Å². The molecule has 108 valence electrons. The summed E-state index contributed by atoms with van der Waals surface area (Å²) in [5.74, 6) is 0.566. The van der Waals surface area contributed by atoms with Gasteiger partial charge in [0.25, 0.3) is 5.91 Å². The van der Waals surface area contributed by atoms with Crippen molar-refractivity contribution in [3.8, 4) is 11.8 Å². The van der Waals surface area contributed by atoms with Gasteiger partial charge < -0.3 is 10.1 Å². The summed E-state index contributed by atoms with van der Waals surface area (Å²) in [5.41, 5.74) is 2.35. The molecule has 0 saturated heterocycles. The smallest absolute Gasteiger partial charge is 0.258 e. The van der Waals surface area contributed by atoms with E-state index in [1.807, 2.05) is 20.8 Å². The average Bonchev–Trinajstić information content (AvgIpc) is 2.37. The zero-order valence-corrected chi connectivity index (χ0v) is 12.6. The topological polar surface area (TPSA) is 62.1 Å². The molecule has 1 amide bonds. The normalized spacial score (nSPS) is 11.6. The summed E-state index contributed by atoms with van der Waals surface area (Å²) < 4.78 is 5.59. The van der Waals surface area contributed by atoms with Crippen LogP contribution in [0.1, 0.15) is 43.4 Å². The van der Waals surface area contributed by atoms with Crippen LogP contribution in [0.15, 0.2) is 12.1 Å². The Labute approximate surface area is 120 Å². The molecule has 4 nitrogen and oxygen atoms in total. The minimum atomic E-state index is -0.117. The SMILES string of the molecule is CCCC(C)NC(=O)COc1c(C)cc(C#N)cc1C. The maximum absolute atomic E-state index is 11.8. The van der Waals surface area contributed by atoms with Crippen molar-refractivity contribution < 1.29 is 9.53 Å². The Morgan fingerprint density at radius 1 is 1.40 bits per heavy atom. The van der Waals surface area contributed by atoms with Crippen LogP contribution in [-0.2, 0) is 4.79 Å². The largest absolute Gasteiger partial charge is 0.483 e. The number of nitrogens with zero attached hydrogens (tertiary/aromatic N) is 1. The fourth-order valence-electron chi connectivity index (χ4n) is 2.20. The molecule has 0 aliphatic carbocycles. The van der Waals surface area contributed by atoms with Crippen LogP contribution in [0.5, 0.6) is 5.75 Å². The molecule has 1 aromatic rings. The highest BCUT2D eigenvalue weighted by Crippen LogP contribution is 2.24. The van der Waals surface area contributed by atoms with E-state index in [0.29, 0.717) is 11.3 Å². The number of benzene rings is 1. The number of carbonyl (C=O) groups is 1. The van der Waals surface area contributed by atoms with Gasteiger partial charge in [-0.3, -0.25) is 4.79 Å². The summed E-state index contributed by atoms with van der Waals surface area (Å²) in [6.07, 6.45) is 2.00. The molecule has 0 aliphatic rings. The van der Waals surface area contributed by atoms with Crippen LogP contribution in [0.3, 0.4) is 0 Å². The van der Waals surface area contributed by atoms with Crippen molar-refractivity contribution in [2.45, 2.75) is 46.6 Å². The van der Waals surface area contributed by atoms with Gasteiger partial charge in [-0.2, -0.15) is 5.26 Å². The summed E-state index contributed by atoms with van der Waals surface area (Å²) in [5, 5.41) is 11.8. The maximum Gasteiger partial charge on any atom is 0.258 e. The highest BCUT2D eigenvalue weighted by atomic mass is 16.5. The average molecular weight is 274 g/mol. The number of ether oxygens (including phenoxy) is 1. The Hall–Kier alpha value is -2.02. The molecule has 1 aromatic carbocycles. The third-order valence-electron chi connectivity index (χ3n) is 3.07. The Balaban J connectivity index is 2.62. The molecular weight excluding hydrogens is 252 g/mol. The first kappa shape index (κ1) is 16.0. The van der Waals surface area contributed by atoms with E-state index in [1.165, 1.54) is 0 Å². The number of rotatable bonds is 6. The molecule has 1 rings (SSSR count). The minimum absolute atomic E-state index is 0.00162. The van der Waals surface area contributed by atoms with Gasteiger partial charge in [-0.1, -0.05) is 13.3 Å². The lowest BCUT2D eigenvalue weighted by Gasteiger charge is -2.15. The van der Waals surface area contributed by atoms with Crippen molar-refractivity contribution in [2.24, 2.45) is 0 Å². The summed E-state index contributed by atoms with van der Waals surface area (Å²) >= 11 is 0. The first-order valence-electron chi connectivity index (χ1n) is 6.91. The van der Waals surface area contributed by atoms with Gasteiger partial charge in [0, 0.05) is 6.04 Å². The quantitative estimate of drug-likeness (QED) is 0.867. The van der Waals surface area contributed by atoms with Gasteiger partial charge in [0.1, 0.15) is 5.75 Å². The van der Waals surface area contributed by atoms with E-state index in [4.69, 9.17) is 10.00 Å². The molecule has 1 unspecified atom stereocenters. The lowest BCUT2D eigenvalue weighted by Crippen LogP contribution is -2.36. The Morgan fingerprint density at radius 2 is 2.00 bits per heavy atom. The number of aryl methyl sites for hydroxylation is 2. The number of hydrogen-bond donors (Lipinski definition) is 1. The molecule has 0 fully saturated rings. The summed E-state index contributed by atoms with van der Waals surface area (Å²) in [4.78, 5) is 11.8. The molecule has 1 N–H and O–H groups in total. The second kappa shape index (κ2) is 7.54. The van der Waals surface area contributed by atoms with Crippen LogP contribution in [0.25, 0.3) is 0 Å². The van der Waals surface area contributed by atoms with E-state index in [9.17, 15) is 4.79 Å². The number of carbonyl (C=O) groups excluding carboxylic acids is 1. The van der Waals surface area contributed by atoms with Crippen molar-refractivity contribution in [3.63, 3.8) is 0 Å². The van der Waals surface area contributed by atoms with E-state index < -0.39 is 0 Å². The zero-order valence-electron chi connectivity index (χ0n) is 12.6. The van der Waals surface area contributed by atoms with Crippen molar-refractivity contribution in [2.75, 3.05) is 6.61 Å². The maximum atomic E-state index is 11.8. The van der Waals surface area contributed by atoms with Gasteiger partial charge in [0.15, 0.2) is 6.61 Å². The molecule has 0 radical (unpaired) electrons. The minimum Gasteiger partial charge on any atom is -0.483 e. The van der Waals surface area contributed by atoms with Crippen LogP contribution < -0.4 is 10.1 Å². The van der Waals surface area contributed by atoms with Gasteiger partial charge >= 0.3 is 0 Å². The number of amides is 1. The van der Waals surface area contributed by atoms with Crippen LogP contribution in [-0.4, -0.2) is 18.6 Å². The fourth-order valence-corrected chi connectivity index (χ4v) is 2.20. The molecule has 0 heterocycles. The van der Waals surface area contributed by atoms with Gasteiger partial charge in [-0.25, -0.2) is 0 Å². The lowest BCUT2D eigenvalue weighted by atomic mass is 10.1. The molecule has 20 heavy (non-hydrogen) atoms. The first-order chi connectivity index (χ1) is 9.47. The second-order valence-electron chi connectivity index (χ2n) is 5.10. The highest BCUT2D eigenvalue weighted by molar-refractivity contribution is 5.77. The van der Waals surface area contributed by atoms with Crippen molar-refractivity contribution >= 4 is 5.91 Å². The Morgan fingerprint density at radius 3 is 2.50 bits per heavy atom. The van der Waals surface area contributed by atoms with Crippen LogP contribution in [0, 0.1) is 25.2 Å². The monoisotopic (exact) mass is 274 g/mol. The van der Waals surface area contributed by atoms with E-state index in [2.05, 4.69) is 18.3 Å². The lowest BCUT2D eigenvalue weighted by molar-refractivity contribution is -0.123. The summed E-state index contributed by atoms with van der Waals surface area (Å²) in [6.45, 7) is 7.82. The second-order valence-corrected chi connectivity index (χ2v) is 5.10. The summed E-state index contributed by atoms with van der Waals surface area (Å²) in [7, 11) is 0. The molecule has 0 aliphatic heterocycles. The van der Waals surface area contributed by atoms with E-state index in [1.54, 1.807) is 12.1 Å². The molecule has 0 aromatic heterocycles. The Kier molecular flexibility index (Phi) is 6.05. The van der Waals surface area contributed by atoms with Gasteiger partial charge in [-0.05, 0) is 50.5 Å². The number of hydrogen-bond acceptors (Lipinski definition) is 3. The zero-order chi connectivity index (χ0) is 15.1. The number of nitrogens with one attached hydrogen (secondary N) is 1. The van der Waals surface area contributed by atoms with Gasteiger partial charge in [-0.15, -0.1) is 0 Å². The van der Waals surface area contributed by atoms with E-state index >= 15 is 0 Å². The van der Waals surface area contributed by atoms with Crippen molar-refractivity contribution in [3.05, 3.63) is 28.8 Å². The molecule has 4 heteroatoms. The number of nitriles is 1. The molecule has 0 saturated carbocycles. The van der Waals surface area contributed by atoms with Crippen LogP contribution >= 0.6 is 0 Å². The highest BCUT2D eigenvalue weighted by Gasteiger charge is 2.10. The first-order valence-corrected chi connectivity index (χ1v) is 6.91. The van der Waals surface area contributed by atoms with E-state index in [0.717, 1.165) is 24.0 Å². The predicted molar refractivity (Wildman–Crippen MR) is 78.6 cm³/mol. The van der Waals surface area contributed by atoms with Crippen LogP contribution in [0.4, 0.5) is 0 Å². The third-order valence-corrected chi connectivity index (χ3v) is 3.07. The molecular formula is C16H22N2O2. The van der Waals surface area contributed by atoms with Crippen molar-refractivity contribution in [1.29, 1.82) is 5.26 Å². The Bertz CT molecular complexity index is 495.